The third kappa shape index (κ3) is 3.35. The normalized spacial score (nSPS) is 25.4. The number of aliphatic carboxylic acids is 1. The molecule has 5 heteroatoms. The van der Waals surface area contributed by atoms with E-state index in [4.69, 9.17) is 0 Å². The quantitative estimate of drug-likeness (QED) is 0.860. The number of carbonyl (C=O) groups excluding carboxylic acids is 1. The second kappa shape index (κ2) is 6.50. The number of hydrogen-bond donors (Lipinski definition) is 2. The van der Waals surface area contributed by atoms with Gasteiger partial charge in [-0.15, -0.1) is 0 Å². The zero-order valence-corrected chi connectivity index (χ0v) is 11.6. The molecule has 5 nitrogen and oxygen atoms in total. The molecule has 1 aromatic rings. The number of pyridine rings is 1. The molecule has 1 amide bonds. The van der Waals surface area contributed by atoms with Crippen LogP contribution in [0.1, 0.15) is 31.9 Å². The fraction of sp³-hybridized carbons (Fsp3) is 0.533. The lowest BCUT2D eigenvalue weighted by molar-refractivity contribution is -0.146. The van der Waals surface area contributed by atoms with Gasteiger partial charge >= 0.3 is 5.97 Å². The van der Waals surface area contributed by atoms with Crippen LogP contribution in [0, 0.1) is 17.8 Å². The van der Waals surface area contributed by atoms with Gasteiger partial charge in [0.15, 0.2) is 0 Å². The van der Waals surface area contributed by atoms with Crippen molar-refractivity contribution in [3.05, 3.63) is 30.1 Å². The molecule has 1 aromatic heterocycles. The third-order valence-corrected chi connectivity index (χ3v) is 4.06. The first-order valence-electron chi connectivity index (χ1n) is 7.02. The first-order valence-corrected chi connectivity index (χ1v) is 7.02. The van der Waals surface area contributed by atoms with Crippen LogP contribution >= 0.6 is 0 Å². The summed E-state index contributed by atoms with van der Waals surface area (Å²) in [4.78, 5) is 27.6. The summed E-state index contributed by atoms with van der Waals surface area (Å²) < 4.78 is 0. The Kier molecular flexibility index (Phi) is 4.71. The number of carboxylic acid groups (broad SMARTS) is 1. The highest BCUT2D eigenvalue weighted by atomic mass is 16.4. The zero-order chi connectivity index (χ0) is 14.5. The van der Waals surface area contributed by atoms with Gasteiger partial charge in [0.25, 0.3) is 0 Å². The summed E-state index contributed by atoms with van der Waals surface area (Å²) in [5.74, 6) is -1.66. The summed E-state index contributed by atoms with van der Waals surface area (Å²) in [6, 6.07) is 5.50. The molecule has 0 radical (unpaired) electrons. The van der Waals surface area contributed by atoms with Crippen LogP contribution < -0.4 is 5.32 Å². The number of nitrogens with one attached hydrogen (secondary N) is 1. The maximum atomic E-state index is 12.2. The van der Waals surface area contributed by atoms with Crippen LogP contribution in [0.2, 0.25) is 0 Å². The molecule has 20 heavy (non-hydrogen) atoms. The lowest BCUT2D eigenvalue weighted by Crippen LogP contribution is -2.35. The van der Waals surface area contributed by atoms with Crippen molar-refractivity contribution in [2.45, 2.75) is 32.7 Å². The van der Waals surface area contributed by atoms with Gasteiger partial charge in [-0.25, -0.2) is 0 Å². The minimum absolute atomic E-state index is 0.168. The van der Waals surface area contributed by atoms with Crippen LogP contribution in [0.15, 0.2) is 24.4 Å². The fourth-order valence-corrected chi connectivity index (χ4v) is 2.85. The van der Waals surface area contributed by atoms with Gasteiger partial charge in [0.1, 0.15) is 0 Å². The van der Waals surface area contributed by atoms with Gasteiger partial charge in [-0.3, -0.25) is 14.6 Å². The molecule has 2 N–H and O–H groups in total. The summed E-state index contributed by atoms with van der Waals surface area (Å²) in [6.45, 7) is 2.39. The SMILES string of the molecule is CCC1CC(C(=O)O)C(C(=O)NCc2ccccn2)C1. The maximum absolute atomic E-state index is 12.2. The predicted molar refractivity (Wildman–Crippen MR) is 73.7 cm³/mol. The van der Waals surface area contributed by atoms with E-state index >= 15 is 0 Å². The van der Waals surface area contributed by atoms with Crippen molar-refractivity contribution in [2.24, 2.45) is 17.8 Å². The smallest absolute Gasteiger partial charge is 0.307 e. The molecule has 0 aromatic carbocycles. The van der Waals surface area contributed by atoms with Crippen LogP contribution in [-0.2, 0) is 16.1 Å². The Bertz CT molecular complexity index is 475. The van der Waals surface area contributed by atoms with Crippen LogP contribution in [0.25, 0.3) is 0 Å². The zero-order valence-electron chi connectivity index (χ0n) is 11.6. The van der Waals surface area contributed by atoms with Crippen molar-refractivity contribution < 1.29 is 14.7 Å². The number of carbonyl (C=O) groups is 2. The Morgan fingerprint density at radius 2 is 2.10 bits per heavy atom. The van der Waals surface area contributed by atoms with Crippen LogP contribution in [0.3, 0.4) is 0 Å². The average molecular weight is 276 g/mol. The second-order valence-electron chi connectivity index (χ2n) is 5.34. The van der Waals surface area contributed by atoms with Crippen LogP contribution in [0.4, 0.5) is 0 Å². The van der Waals surface area contributed by atoms with Gasteiger partial charge in [0.05, 0.1) is 24.1 Å². The van der Waals surface area contributed by atoms with E-state index in [0.29, 0.717) is 25.3 Å². The summed E-state index contributed by atoms with van der Waals surface area (Å²) in [7, 11) is 0. The lowest BCUT2D eigenvalue weighted by atomic mass is 9.95. The number of rotatable bonds is 5. The minimum Gasteiger partial charge on any atom is -0.481 e. The van der Waals surface area contributed by atoms with Crippen molar-refractivity contribution in [1.82, 2.24) is 10.3 Å². The number of carboxylic acids is 1. The highest BCUT2D eigenvalue weighted by Gasteiger charge is 2.41. The number of aromatic nitrogens is 1. The maximum Gasteiger partial charge on any atom is 0.307 e. The average Bonchev–Trinajstić information content (AvgIpc) is 2.90. The predicted octanol–water partition coefficient (Wildman–Crippen LogP) is 1.83. The molecule has 0 saturated heterocycles. The molecule has 108 valence electrons. The van der Waals surface area contributed by atoms with E-state index in [1.165, 1.54) is 0 Å². The monoisotopic (exact) mass is 276 g/mol. The topological polar surface area (TPSA) is 79.3 Å². The Hall–Kier alpha value is -1.91. The van der Waals surface area contributed by atoms with Crippen LogP contribution in [0.5, 0.6) is 0 Å². The van der Waals surface area contributed by atoms with Gasteiger partial charge in [0, 0.05) is 6.20 Å². The molecule has 0 aliphatic heterocycles. The summed E-state index contributed by atoms with van der Waals surface area (Å²) in [6.07, 6.45) is 3.87. The van der Waals surface area contributed by atoms with Crippen molar-refractivity contribution in [3.63, 3.8) is 0 Å². The Labute approximate surface area is 118 Å². The van der Waals surface area contributed by atoms with E-state index in [-0.39, 0.29) is 5.91 Å². The van der Waals surface area contributed by atoms with Crippen molar-refractivity contribution in [3.8, 4) is 0 Å². The number of nitrogens with zero attached hydrogens (tertiary/aromatic N) is 1. The third-order valence-electron chi connectivity index (χ3n) is 4.06. The molecule has 1 aliphatic carbocycles. The van der Waals surface area contributed by atoms with E-state index in [1.54, 1.807) is 6.20 Å². The van der Waals surface area contributed by atoms with Crippen molar-refractivity contribution in [2.75, 3.05) is 0 Å². The molecule has 0 bridgehead atoms. The first kappa shape index (κ1) is 14.5. The van der Waals surface area contributed by atoms with Crippen molar-refractivity contribution >= 4 is 11.9 Å². The highest BCUT2D eigenvalue weighted by molar-refractivity contribution is 5.85. The van der Waals surface area contributed by atoms with Gasteiger partial charge in [-0.1, -0.05) is 19.4 Å². The molecule has 1 heterocycles. The molecular weight excluding hydrogens is 256 g/mol. The van der Waals surface area contributed by atoms with E-state index in [9.17, 15) is 14.7 Å². The van der Waals surface area contributed by atoms with E-state index in [0.717, 1.165) is 12.1 Å². The first-order chi connectivity index (χ1) is 9.61. The molecule has 3 atom stereocenters. The summed E-state index contributed by atoms with van der Waals surface area (Å²) >= 11 is 0. The summed E-state index contributed by atoms with van der Waals surface area (Å²) in [5, 5.41) is 12.0. The largest absolute Gasteiger partial charge is 0.481 e. The highest BCUT2D eigenvalue weighted by Crippen LogP contribution is 2.38. The molecule has 2 rings (SSSR count). The molecule has 1 aliphatic rings. The van der Waals surface area contributed by atoms with E-state index in [1.807, 2.05) is 25.1 Å². The molecule has 1 fully saturated rings. The second-order valence-corrected chi connectivity index (χ2v) is 5.34. The van der Waals surface area contributed by atoms with Gasteiger partial charge in [-0.2, -0.15) is 0 Å². The minimum atomic E-state index is -0.862. The van der Waals surface area contributed by atoms with E-state index in [2.05, 4.69) is 10.3 Å². The number of hydrogen-bond acceptors (Lipinski definition) is 3. The Balaban J connectivity index is 1.95. The molecule has 1 saturated carbocycles. The number of amides is 1. The van der Waals surface area contributed by atoms with Crippen LogP contribution in [-0.4, -0.2) is 22.0 Å². The lowest BCUT2D eigenvalue weighted by Gasteiger charge is -2.15. The molecule has 0 spiro atoms. The Morgan fingerprint density at radius 3 is 2.70 bits per heavy atom. The van der Waals surface area contributed by atoms with Gasteiger partial charge in [-0.05, 0) is 30.9 Å². The Morgan fingerprint density at radius 1 is 1.35 bits per heavy atom. The molecule has 3 unspecified atom stereocenters. The van der Waals surface area contributed by atoms with Crippen molar-refractivity contribution in [1.29, 1.82) is 0 Å². The van der Waals surface area contributed by atoms with Gasteiger partial charge < -0.3 is 10.4 Å². The van der Waals surface area contributed by atoms with E-state index < -0.39 is 17.8 Å². The standard InChI is InChI=1S/C15H20N2O3/c1-2-10-7-12(13(8-10)15(19)20)14(18)17-9-11-5-3-4-6-16-11/h3-6,10,12-13H,2,7-9H2,1H3,(H,17,18)(H,19,20). The molecular formula is C15H20N2O3. The van der Waals surface area contributed by atoms with Gasteiger partial charge in [0.2, 0.25) is 5.91 Å². The fourth-order valence-electron chi connectivity index (χ4n) is 2.85. The summed E-state index contributed by atoms with van der Waals surface area (Å²) in [5.41, 5.74) is 0.776.